The fourth-order valence-corrected chi connectivity index (χ4v) is 1.25. The lowest BCUT2D eigenvalue weighted by Crippen LogP contribution is -2.22. The maximum atomic E-state index is 8.71. The van der Waals surface area contributed by atoms with Crippen molar-refractivity contribution in [1.82, 2.24) is 9.55 Å². The molecule has 0 fully saturated rings. The van der Waals surface area contributed by atoms with Crippen LogP contribution in [0, 0.1) is 11.3 Å². The zero-order chi connectivity index (χ0) is 11.5. The number of hydrogen-bond acceptors (Lipinski definition) is 4. The predicted molar refractivity (Wildman–Crippen MR) is 59.9 cm³/mol. The second kappa shape index (κ2) is 4.27. The van der Waals surface area contributed by atoms with Gasteiger partial charge in [-0.25, -0.2) is 4.98 Å². The van der Waals surface area contributed by atoms with E-state index < -0.39 is 8.32 Å². The van der Waals surface area contributed by atoms with E-state index in [4.69, 9.17) is 9.79 Å². The lowest BCUT2D eigenvalue weighted by molar-refractivity contribution is 0.337. The van der Waals surface area contributed by atoms with Gasteiger partial charge in [-0.2, -0.15) is 5.26 Å². The normalized spacial score (nSPS) is 11.7. The Morgan fingerprint density at radius 2 is 2.27 bits per heavy atom. The van der Waals surface area contributed by atoms with Gasteiger partial charge in [-0.05, 0) is 19.6 Å². The van der Waals surface area contributed by atoms with E-state index in [1.54, 1.807) is 11.6 Å². The Hall–Kier alpha value is -1.61. The number of rotatable bonds is 3. The highest BCUT2D eigenvalue weighted by molar-refractivity contribution is 6.69. The summed E-state index contributed by atoms with van der Waals surface area (Å²) in [6.07, 6.45) is 3.04. The Labute approximate surface area is 90.1 Å². The summed E-state index contributed by atoms with van der Waals surface area (Å²) in [4.78, 5) is 4.03. The van der Waals surface area contributed by atoms with Crippen LogP contribution in [0.3, 0.4) is 0 Å². The van der Waals surface area contributed by atoms with Gasteiger partial charge >= 0.3 is 0 Å². The Balaban J connectivity index is 2.74. The number of hydrogen-bond donors (Lipinski definition) is 0. The van der Waals surface area contributed by atoms with E-state index >= 15 is 0 Å². The molecule has 1 rings (SSSR count). The Morgan fingerprint density at radius 3 is 2.73 bits per heavy atom. The summed E-state index contributed by atoms with van der Waals surface area (Å²) in [5.41, 5.74) is 0.504. The minimum atomic E-state index is -1.63. The highest BCUT2D eigenvalue weighted by atomic mass is 28.4. The minimum Gasteiger partial charge on any atom is -0.456 e. The Kier molecular flexibility index (Phi) is 3.27. The molecular weight excluding hydrogens is 208 g/mol. The zero-order valence-electron chi connectivity index (χ0n) is 9.35. The molecule has 0 spiro atoms. The van der Waals surface area contributed by atoms with Crippen LogP contribution in [-0.2, 0) is 11.6 Å². The molecular formula is C9H14N4OSi. The zero-order valence-corrected chi connectivity index (χ0v) is 10.4. The number of oxime groups is 1. The molecule has 0 saturated heterocycles. The van der Waals surface area contributed by atoms with Crippen molar-refractivity contribution in [3.63, 3.8) is 0 Å². The molecule has 0 N–H and O–H groups in total. The quantitative estimate of drug-likeness (QED) is 0.442. The van der Waals surface area contributed by atoms with Crippen molar-refractivity contribution in [3.05, 3.63) is 17.7 Å². The van der Waals surface area contributed by atoms with Gasteiger partial charge in [0.25, 0.3) is 8.32 Å². The summed E-state index contributed by atoms with van der Waals surface area (Å²) in [6.45, 7) is 6.14. The van der Waals surface area contributed by atoms with Crippen LogP contribution in [0.4, 0.5) is 0 Å². The van der Waals surface area contributed by atoms with Crippen LogP contribution in [0.25, 0.3) is 0 Å². The van der Waals surface area contributed by atoms with Crippen molar-refractivity contribution < 1.29 is 4.53 Å². The molecule has 15 heavy (non-hydrogen) atoms. The summed E-state index contributed by atoms with van der Waals surface area (Å²) in [7, 11) is 0.135. The lowest BCUT2D eigenvalue weighted by atomic mass is 10.5. The first kappa shape index (κ1) is 11.5. The molecule has 6 heteroatoms. The second-order valence-electron chi connectivity index (χ2n) is 4.11. The molecule has 0 radical (unpaired) electrons. The van der Waals surface area contributed by atoms with Crippen molar-refractivity contribution in [2.24, 2.45) is 12.2 Å². The molecule has 0 bridgehead atoms. The largest absolute Gasteiger partial charge is 0.456 e. The van der Waals surface area contributed by atoms with Crippen molar-refractivity contribution in [2.75, 3.05) is 0 Å². The van der Waals surface area contributed by atoms with E-state index in [-0.39, 0.29) is 0 Å². The van der Waals surface area contributed by atoms with Gasteiger partial charge in [0.15, 0.2) is 5.82 Å². The van der Waals surface area contributed by atoms with Crippen molar-refractivity contribution in [3.8, 4) is 6.07 Å². The summed E-state index contributed by atoms with van der Waals surface area (Å²) in [5, 5.41) is 12.6. The molecule has 1 aromatic heterocycles. The monoisotopic (exact) mass is 222 g/mol. The van der Waals surface area contributed by atoms with E-state index in [1.807, 2.05) is 25.7 Å². The Morgan fingerprint density at radius 1 is 1.60 bits per heavy atom. The summed E-state index contributed by atoms with van der Waals surface area (Å²) >= 11 is 0. The van der Waals surface area contributed by atoms with Gasteiger partial charge in [-0.1, -0.05) is 0 Å². The van der Waals surface area contributed by atoms with Gasteiger partial charge in [0.2, 0.25) is 0 Å². The van der Waals surface area contributed by atoms with Gasteiger partial charge in [-0.3, -0.25) is 0 Å². The van der Waals surface area contributed by atoms with Crippen molar-refractivity contribution in [2.45, 2.75) is 19.6 Å². The average molecular weight is 222 g/mol. The molecule has 0 unspecified atom stereocenters. The van der Waals surface area contributed by atoms with Crippen LogP contribution >= 0.6 is 0 Å². The van der Waals surface area contributed by atoms with Crippen LogP contribution in [-0.4, -0.2) is 24.1 Å². The van der Waals surface area contributed by atoms with Crippen LogP contribution in [0.1, 0.15) is 11.5 Å². The van der Waals surface area contributed by atoms with Gasteiger partial charge in [-0.15, -0.1) is 5.16 Å². The fourth-order valence-electron chi connectivity index (χ4n) is 0.879. The minimum absolute atomic E-state index is 0.504. The topological polar surface area (TPSA) is 63.2 Å². The number of imidazole rings is 1. The van der Waals surface area contributed by atoms with E-state index in [9.17, 15) is 0 Å². The highest BCUT2D eigenvalue weighted by Crippen LogP contribution is 2.03. The van der Waals surface area contributed by atoms with Crippen molar-refractivity contribution >= 4 is 14.5 Å². The first-order valence-corrected chi connectivity index (χ1v) is 7.98. The molecule has 0 aliphatic carbocycles. The maximum Gasteiger partial charge on any atom is 0.278 e. The number of nitrogens with zero attached hydrogens (tertiary/aromatic N) is 4. The van der Waals surface area contributed by atoms with Crippen LogP contribution in [0.2, 0.25) is 19.6 Å². The first-order chi connectivity index (χ1) is 6.94. The summed E-state index contributed by atoms with van der Waals surface area (Å²) in [6, 6.07) is 2.03. The lowest BCUT2D eigenvalue weighted by Gasteiger charge is -2.11. The van der Waals surface area contributed by atoms with Gasteiger partial charge in [0.1, 0.15) is 18.0 Å². The fraction of sp³-hybridized carbons (Fsp3) is 0.444. The third kappa shape index (κ3) is 3.22. The standard InChI is InChI=1S/C9H14N4OSi/c1-13-8(5-10)6-11-9(13)7-12-14-15(2,3)4/h6-7H,1-4H3. The van der Waals surface area contributed by atoms with E-state index in [0.717, 1.165) is 0 Å². The van der Waals surface area contributed by atoms with Gasteiger partial charge in [0.05, 0.1) is 6.20 Å². The SMILES string of the molecule is Cn1c(C#N)cnc1C=NO[Si](C)(C)C. The smallest absolute Gasteiger partial charge is 0.278 e. The van der Waals surface area contributed by atoms with Gasteiger partial charge < -0.3 is 9.09 Å². The molecule has 0 amide bonds. The van der Waals surface area contributed by atoms with E-state index in [0.29, 0.717) is 11.5 Å². The molecule has 0 aliphatic heterocycles. The number of nitriles is 1. The summed E-state index contributed by atoms with van der Waals surface area (Å²) in [5.74, 6) is 0.616. The van der Waals surface area contributed by atoms with Crippen LogP contribution < -0.4 is 0 Å². The van der Waals surface area contributed by atoms with Gasteiger partial charge in [0, 0.05) is 7.05 Å². The van der Waals surface area contributed by atoms with E-state index in [1.165, 1.54) is 12.4 Å². The molecule has 80 valence electrons. The molecule has 1 aromatic rings. The second-order valence-corrected chi connectivity index (χ2v) is 8.52. The third-order valence-electron chi connectivity index (χ3n) is 1.63. The predicted octanol–water partition coefficient (Wildman–Crippen LogP) is 1.48. The van der Waals surface area contributed by atoms with E-state index in [2.05, 4.69) is 10.1 Å². The van der Waals surface area contributed by atoms with Crippen LogP contribution in [0.5, 0.6) is 0 Å². The first-order valence-electron chi connectivity index (χ1n) is 4.57. The Bertz CT molecular complexity index is 411. The maximum absolute atomic E-state index is 8.71. The molecule has 0 aromatic carbocycles. The van der Waals surface area contributed by atoms with Crippen LogP contribution in [0.15, 0.2) is 11.4 Å². The molecule has 0 saturated carbocycles. The average Bonchev–Trinajstić information content (AvgIpc) is 2.46. The highest BCUT2D eigenvalue weighted by Gasteiger charge is 2.15. The third-order valence-corrected chi connectivity index (χ3v) is 2.29. The molecule has 5 nitrogen and oxygen atoms in total. The molecule has 0 atom stereocenters. The van der Waals surface area contributed by atoms with Crippen molar-refractivity contribution in [1.29, 1.82) is 5.26 Å². The molecule has 1 heterocycles. The molecule has 0 aliphatic rings. The number of aromatic nitrogens is 2. The summed E-state index contributed by atoms with van der Waals surface area (Å²) < 4.78 is 6.97.